The van der Waals surface area contributed by atoms with Crippen LogP contribution in [0.5, 0.6) is 0 Å². The smallest absolute Gasteiger partial charge is 0.251 e. The van der Waals surface area contributed by atoms with E-state index in [0.29, 0.717) is 17.2 Å². The first-order valence-corrected chi connectivity index (χ1v) is 6.58. The first-order valence-electron chi connectivity index (χ1n) is 6.58. The summed E-state index contributed by atoms with van der Waals surface area (Å²) in [7, 11) is 0. The normalized spacial score (nSPS) is 14.9. The zero-order valence-corrected chi connectivity index (χ0v) is 11.6. The number of carbonyl (C=O) groups excluding carboxylic acids is 2. The average Bonchev–Trinajstić information content (AvgIpc) is 3.11. The maximum atomic E-state index is 12.0. The van der Waals surface area contributed by atoms with Crippen LogP contribution in [0.25, 0.3) is 0 Å². The van der Waals surface area contributed by atoms with Gasteiger partial charge in [0, 0.05) is 22.7 Å². The van der Waals surface area contributed by atoms with E-state index in [1.165, 1.54) is 0 Å². The summed E-state index contributed by atoms with van der Waals surface area (Å²) in [6.07, 6.45) is 2.10. The van der Waals surface area contributed by atoms with Crippen LogP contribution in [-0.2, 0) is 0 Å². The molecule has 0 aliphatic heterocycles. The van der Waals surface area contributed by atoms with E-state index >= 15 is 0 Å². The Morgan fingerprint density at radius 3 is 2.21 bits per heavy atom. The van der Waals surface area contributed by atoms with Crippen molar-refractivity contribution < 1.29 is 9.59 Å². The molecule has 4 nitrogen and oxygen atoms in total. The number of rotatable bonds is 3. The van der Waals surface area contributed by atoms with Gasteiger partial charge in [0.2, 0.25) is 0 Å². The molecule has 2 rings (SSSR count). The van der Waals surface area contributed by atoms with Crippen molar-refractivity contribution in [2.24, 2.45) is 0 Å². The molecule has 2 N–H and O–H groups in total. The highest BCUT2D eigenvalue weighted by Crippen LogP contribution is 2.19. The van der Waals surface area contributed by atoms with Gasteiger partial charge < -0.3 is 10.6 Å². The molecule has 0 atom stereocenters. The first kappa shape index (κ1) is 13.6. The standard InChI is InChI=1S/C15H20N2O2/c1-15(2,3)17-14(19)11-6-4-5-10(9-11)13(18)16-12-7-8-12/h4-6,9,12H,7-8H2,1-3H3,(H,16,18)(H,17,19). The van der Waals surface area contributed by atoms with E-state index in [9.17, 15) is 9.59 Å². The van der Waals surface area contributed by atoms with E-state index in [1.54, 1.807) is 24.3 Å². The average molecular weight is 260 g/mol. The SMILES string of the molecule is CC(C)(C)NC(=O)c1cccc(C(=O)NC2CC2)c1. The summed E-state index contributed by atoms with van der Waals surface area (Å²) >= 11 is 0. The Labute approximate surface area is 113 Å². The van der Waals surface area contributed by atoms with Gasteiger partial charge in [0.15, 0.2) is 0 Å². The summed E-state index contributed by atoms with van der Waals surface area (Å²) in [5.41, 5.74) is 0.760. The van der Waals surface area contributed by atoms with Gasteiger partial charge in [-0.05, 0) is 51.8 Å². The van der Waals surface area contributed by atoms with Gasteiger partial charge in [-0.1, -0.05) is 6.07 Å². The summed E-state index contributed by atoms with van der Waals surface area (Å²) in [5, 5.41) is 5.80. The maximum Gasteiger partial charge on any atom is 0.251 e. The van der Waals surface area contributed by atoms with Gasteiger partial charge in [-0.2, -0.15) is 0 Å². The Morgan fingerprint density at radius 2 is 1.68 bits per heavy atom. The Kier molecular flexibility index (Phi) is 3.60. The monoisotopic (exact) mass is 260 g/mol. The number of benzene rings is 1. The van der Waals surface area contributed by atoms with Gasteiger partial charge in [0.25, 0.3) is 11.8 Å². The third-order valence-corrected chi connectivity index (χ3v) is 2.79. The predicted octanol–water partition coefficient (Wildman–Crippen LogP) is 2.11. The number of amides is 2. The molecule has 1 aliphatic carbocycles. The molecule has 0 saturated heterocycles. The molecular weight excluding hydrogens is 240 g/mol. The molecule has 19 heavy (non-hydrogen) atoms. The van der Waals surface area contributed by atoms with Crippen molar-refractivity contribution in [2.75, 3.05) is 0 Å². The second kappa shape index (κ2) is 5.03. The van der Waals surface area contributed by atoms with Crippen molar-refractivity contribution >= 4 is 11.8 Å². The van der Waals surface area contributed by atoms with Crippen LogP contribution in [0, 0.1) is 0 Å². The van der Waals surface area contributed by atoms with Gasteiger partial charge in [0.05, 0.1) is 0 Å². The summed E-state index contributed by atoms with van der Waals surface area (Å²) in [6.45, 7) is 5.78. The Morgan fingerprint density at radius 1 is 1.11 bits per heavy atom. The zero-order valence-electron chi connectivity index (χ0n) is 11.6. The van der Waals surface area contributed by atoms with Crippen LogP contribution in [0.3, 0.4) is 0 Å². The molecule has 0 radical (unpaired) electrons. The molecule has 0 unspecified atom stereocenters. The lowest BCUT2D eigenvalue weighted by Crippen LogP contribution is -2.40. The molecule has 102 valence electrons. The van der Waals surface area contributed by atoms with E-state index in [-0.39, 0.29) is 17.4 Å². The van der Waals surface area contributed by atoms with Crippen molar-refractivity contribution in [3.05, 3.63) is 35.4 Å². The van der Waals surface area contributed by atoms with Crippen LogP contribution in [0.2, 0.25) is 0 Å². The lowest BCUT2D eigenvalue weighted by Gasteiger charge is -2.20. The largest absolute Gasteiger partial charge is 0.349 e. The van der Waals surface area contributed by atoms with Crippen LogP contribution >= 0.6 is 0 Å². The molecule has 4 heteroatoms. The van der Waals surface area contributed by atoms with Crippen LogP contribution < -0.4 is 10.6 Å². The molecule has 0 aromatic heterocycles. The molecule has 1 aliphatic rings. The van der Waals surface area contributed by atoms with E-state index in [0.717, 1.165) is 12.8 Å². The molecule has 1 aromatic carbocycles. The second-order valence-electron chi connectivity index (χ2n) is 6.03. The molecule has 2 amide bonds. The third-order valence-electron chi connectivity index (χ3n) is 2.79. The van der Waals surface area contributed by atoms with Gasteiger partial charge in [0.1, 0.15) is 0 Å². The topological polar surface area (TPSA) is 58.2 Å². The number of nitrogens with one attached hydrogen (secondary N) is 2. The molecular formula is C15H20N2O2. The highest BCUT2D eigenvalue weighted by molar-refractivity contribution is 6.00. The number of hydrogen-bond donors (Lipinski definition) is 2. The summed E-state index contributed by atoms with van der Waals surface area (Å²) in [4.78, 5) is 23.9. The van der Waals surface area contributed by atoms with Crippen molar-refractivity contribution in [3.63, 3.8) is 0 Å². The minimum atomic E-state index is -0.288. The summed E-state index contributed by atoms with van der Waals surface area (Å²) < 4.78 is 0. The summed E-state index contributed by atoms with van der Waals surface area (Å²) in [5.74, 6) is -0.263. The van der Waals surface area contributed by atoms with Gasteiger partial charge in [-0.3, -0.25) is 9.59 Å². The summed E-state index contributed by atoms with van der Waals surface area (Å²) in [6, 6.07) is 7.14. The molecule has 0 bridgehead atoms. The number of carbonyl (C=O) groups is 2. The lowest BCUT2D eigenvalue weighted by atomic mass is 10.1. The Bertz CT molecular complexity index is 499. The molecule has 1 saturated carbocycles. The quantitative estimate of drug-likeness (QED) is 0.874. The fourth-order valence-electron chi connectivity index (χ4n) is 1.71. The highest BCUT2D eigenvalue weighted by Gasteiger charge is 2.24. The fraction of sp³-hybridized carbons (Fsp3) is 0.467. The van der Waals surface area contributed by atoms with E-state index < -0.39 is 0 Å². The van der Waals surface area contributed by atoms with Gasteiger partial charge in [-0.25, -0.2) is 0 Å². The highest BCUT2D eigenvalue weighted by atomic mass is 16.2. The number of hydrogen-bond acceptors (Lipinski definition) is 2. The van der Waals surface area contributed by atoms with Crippen molar-refractivity contribution in [2.45, 2.75) is 45.2 Å². The zero-order chi connectivity index (χ0) is 14.0. The fourth-order valence-corrected chi connectivity index (χ4v) is 1.71. The lowest BCUT2D eigenvalue weighted by molar-refractivity contribution is 0.0919. The third kappa shape index (κ3) is 4.09. The van der Waals surface area contributed by atoms with Gasteiger partial charge in [-0.15, -0.1) is 0 Å². The van der Waals surface area contributed by atoms with E-state index in [2.05, 4.69) is 10.6 Å². The van der Waals surface area contributed by atoms with Crippen LogP contribution in [-0.4, -0.2) is 23.4 Å². The van der Waals surface area contributed by atoms with Crippen molar-refractivity contribution in [1.82, 2.24) is 10.6 Å². The minimum Gasteiger partial charge on any atom is -0.349 e. The predicted molar refractivity (Wildman–Crippen MR) is 74.1 cm³/mol. The van der Waals surface area contributed by atoms with Crippen molar-refractivity contribution in [1.29, 1.82) is 0 Å². The molecule has 1 aromatic rings. The van der Waals surface area contributed by atoms with E-state index in [4.69, 9.17) is 0 Å². The minimum absolute atomic E-state index is 0.104. The van der Waals surface area contributed by atoms with Crippen LogP contribution in [0.4, 0.5) is 0 Å². The van der Waals surface area contributed by atoms with Crippen LogP contribution in [0.1, 0.15) is 54.3 Å². The van der Waals surface area contributed by atoms with Crippen molar-refractivity contribution in [3.8, 4) is 0 Å². The molecule has 0 heterocycles. The molecule has 0 spiro atoms. The second-order valence-corrected chi connectivity index (χ2v) is 6.03. The maximum absolute atomic E-state index is 12.0. The van der Waals surface area contributed by atoms with Crippen LogP contribution in [0.15, 0.2) is 24.3 Å². The van der Waals surface area contributed by atoms with E-state index in [1.807, 2.05) is 20.8 Å². The Hall–Kier alpha value is -1.84. The molecule has 1 fully saturated rings. The first-order chi connectivity index (χ1) is 8.85. The Balaban J connectivity index is 2.09. The van der Waals surface area contributed by atoms with Gasteiger partial charge >= 0.3 is 0 Å².